The van der Waals surface area contributed by atoms with Crippen molar-refractivity contribution in [3.8, 4) is 0 Å². The SMILES string of the molecule is NC(Cc1ccccn1)C(=O)N1CCc2c(CCc3ccccc3)cccc21. The number of nitrogens with two attached hydrogens (primary N) is 1. The van der Waals surface area contributed by atoms with Crippen molar-refractivity contribution >= 4 is 11.6 Å². The van der Waals surface area contributed by atoms with E-state index in [9.17, 15) is 4.79 Å². The van der Waals surface area contributed by atoms with E-state index in [0.717, 1.165) is 30.6 Å². The highest BCUT2D eigenvalue weighted by molar-refractivity contribution is 5.99. The quantitative estimate of drug-likeness (QED) is 0.723. The lowest BCUT2D eigenvalue weighted by Crippen LogP contribution is -2.44. The Balaban J connectivity index is 1.47. The number of anilines is 1. The first-order chi connectivity index (χ1) is 13.7. The van der Waals surface area contributed by atoms with E-state index in [1.54, 1.807) is 6.20 Å². The second-order valence-corrected chi connectivity index (χ2v) is 7.27. The topological polar surface area (TPSA) is 59.2 Å². The average molecular weight is 371 g/mol. The predicted octanol–water partition coefficient (Wildman–Crippen LogP) is 3.33. The summed E-state index contributed by atoms with van der Waals surface area (Å²) in [6.45, 7) is 0.701. The van der Waals surface area contributed by atoms with Crippen LogP contribution in [0.4, 0.5) is 5.69 Å². The summed E-state index contributed by atoms with van der Waals surface area (Å²) in [6, 6.07) is 21.9. The molecule has 0 saturated carbocycles. The molecule has 3 aromatic rings. The van der Waals surface area contributed by atoms with E-state index in [1.165, 1.54) is 16.7 Å². The minimum absolute atomic E-state index is 0.0235. The molecule has 0 bridgehead atoms. The number of amides is 1. The van der Waals surface area contributed by atoms with E-state index in [1.807, 2.05) is 35.2 Å². The molecule has 1 aliphatic heterocycles. The molecule has 1 aliphatic rings. The zero-order chi connectivity index (χ0) is 19.3. The number of nitrogens with zero attached hydrogens (tertiary/aromatic N) is 2. The number of rotatable bonds is 6. The van der Waals surface area contributed by atoms with Gasteiger partial charge < -0.3 is 10.6 Å². The number of aryl methyl sites for hydroxylation is 2. The van der Waals surface area contributed by atoms with Crippen LogP contribution in [0.1, 0.15) is 22.4 Å². The predicted molar refractivity (Wildman–Crippen MR) is 112 cm³/mol. The van der Waals surface area contributed by atoms with Crippen molar-refractivity contribution in [3.05, 3.63) is 95.3 Å². The van der Waals surface area contributed by atoms with E-state index in [4.69, 9.17) is 5.73 Å². The van der Waals surface area contributed by atoms with Crippen LogP contribution in [0.3, 0.4) is 0 Å². The summed E-state index contributed by atoms with van der Waals surface area (Å²) in [7, 11) is 0. The van der Waals surface area contributed by atoms with Crippen LogP contribution in [0.2, 0.25) is 0 Å². The third kappa shape index (κ3) is 3.97. The normalized spacial score (nSPS) is 14.0. The zero-order valence-electron chi connectivity index (χ0n) is 15.9. The van der Waals surface area contributed by atoms with Crippen LogP contribution < -0.4 is 10.6 Å². The Morgan fingerprint density at radius 3 is 2.61 bits per heavy atom. The number of aromatic nitrogens is 1. The Labute approximate surface area is 166 Å². The monoisotopic (exact) mass is 371 g/mol. The van der Waals surface area contributed by atoms with Gasteiger partial charge in [-0.2, -0.15) is 0 Å². The van der Waals surface area contributed by atoms with Gasteiger partial charge in [0.25, 0.3) is 0 Å². The summed E-state index contributed by atoms with van der Waals surface area (Å²) in [5.74, 6) is -0.0235. The van der Waals surface area contributed by atoms with Crippen molar-refractivity contribution in [1.29, 1.82) is 0 Å². The molecule has 0 aliphatic carbocycles. The lowest BCUT2D eigenvalue weighted by Gasteiger charge is -2.22. The smallest absolute Gasteiger partial charge is 0.244 e. The summed E-state index contributed by atoms with van der Waals surface area (Å²) in [6.07, 6.45) is 5.07. The van der Waals surface area contributed by atoms with Crippen molar-refractivity contribution in [3.63, 3.8) is 0 Å². The average Bonchev–Trinajstić information content (AvgIpc) is 3.18. The Hall–Kier alpha value is -2.98. The first-order valence-corrected chi connectivity index (χ1v) is 9.84. The third-order valence-corrected chi connectivity index (χ3v) is 5.39. The minimum Gasteiger partial charge on any atom is -0.320 e. The van der Waals surface area contributed by atoms with Crippen molar-refractivity contribution in [1.82, 2.24) is 4.98 Å². The maximum atomic E-state index is 13.0. The molecule has 4 nitrogen and oxygen atoms in total. The molecular weight excluding hydrogens is 346 g/mol. The van der Waals surface area contributed by atoms with Crippen molar-refractivity contribution in [2.75, 3.05) is 11.4 Å². The van der Waals surface area contributed by atoms with Crippen LogP contribution in [0.15, 0.2) is 72.9 Å². The molecule has 1 atom stereocenters. The van der Waals surface area contributed by atoms with Crippen LogP contribution in [-0.2, 0) is 30.5 Å². The van der Waals surface area contributed by atoms with E-state index in [-0.39, 0.29) is 5.91 Å². The highest BCUT2D eigenvalue weighted by Crippen LogP contribution is 2.32. The molecule has 2 aromatic carbocycles. The summed E-state index contributed by atoms with van der Waals surface area (Å²) < 4.78 is 0. The lowest BCUT2D eigenvalue weighted by atomic mass is 9.98. The first kappa shape index (κ1) is 18.4. The maximum absolute atomic E-state index is 13.0. The Morgan fingerprint density at radius 1 is 1.00 bits per heavy atom. The second kappa shape index (κ2) is 8.36. The van der Waals surface area contributed by atoms with E-state index in [2.05, 4.69) is 41.4 Å². The minimum atomic E-state index is -0.575. The van der Waals surface area contributed by atoms with Crippen LogP contribution in [0, 0.1) is 0 Å². The van der Waals surface area contributed by atoms with Gasteiger partial charge in [0.1, 0.15) is 0 Å². The lowest BCUT2D eigenvalue weighted by molar-refractivity contribution is -0.119. The molecule has 1 aromatic heterocycles. The van der Waals surface area contributed by atoms with Crippen molar-refractivity contribution in [2.45, 2.75) is 31.7 Å². The highest BCUT2D eigenvalue weighted by atomic mass is 16.2. The summed E-state index contributed by atoms with van der Waals surface area (Å²) >= 11 is 0. The molecule has 2 N–H and O–H groups in total. The number of fused-ring (bicyclic) bond motifs is 1. The zero-order valence-corrected chi connectivity index (χ0v) is 15.9. The van der Waals surface area contributed by atoms with Gasteiger partial charge in [0.2, 0.25) is 5.91 Å². The molecule has 1 amide bonds. The fraction of sp³-hybridized carbons (Fsp3) is 0.250. The third-order valence-electron chi connectivity index (χ3n) is 5.39. The van der Waals surface area contributed by atoms with Crippen molar-refractivity contribution < 1.29 is 4.79 Å². The van der Waals surface area contributed by atoms with Crippen LogP contribution in [0.5, 0.6) is 0 Å². The summed E-state index contributed by atoms with van der Waals surface area (Å²) in [5, 5.41) is 0. The molecule has 28 heavy (non-hydrogen) atoms. The fourth-order valence-corrected chi connectivity index (χ4v) is 3.93. The number of carbonyl (C=O) groups excluding carboxylic acids is 1. The van der Waals surface area contributed by atoms with Crippen LogP contribution in [-0.4, -0.2) is 23.5 Å². The van der Waals surface area contributed by atoms with Gasteiger partial charge >= 0.3 is 0 Å². The van der Waals surface area contributed by atoms with E-state index < -0.39 is 6.04 Å². The first-order valence-electron chi connectivity index (χ1n) is 9.84. The van der Waals surface area contributed by atoms with Crippen molar-refractivity contribution in [2.24, 2.45) is 5.73 Å². The molecule has 0 radical (unpaired) electrons. The van der Waals surface area contributed by atoms with Gasteiger partial charge in [-0.1, -0.05) is 48.5 Å². The molecule has 4 rings (SSSR count). The van der Waals surface area contributed by atoms with Crippen LogP contribution in [0.25, 0.3) is 0 Å². The number of hydrogen-bond acceptors (Lipinski definition) is 3. The van der Waals surface area contributed by atoms with Gasteiger partial charge in [0, 0.05) is 30.5 Å². The highest BCUT2D eigenvalue weighted by Gasteiger charge is 2.29. The second-order valence-electron chi connectivity index (χ2n) is 7.27. The van der Waals surface area contributed by atoms with Gasteiger partial charge in [-0.3, -0.25) is 9.78 Å². The molecule has 4 heteroatoms. The molecular formula is C24H25N3O. The molecule has 142 valence electrons. The Kier molecular flexibility index (Phi) is 5.49. The standard InChI is InChI=1S/C24H25N3O/c25-22(17-20-10-4-5-15-26-20)24(28)27-16-14-21-19(9-6-11-23(21)27)13-12-18-7-2-1-3-8-18/h1-11,15,22H,12-14,16-17,25H2. The van der Waals surface area contributed by atoms with Crippen LogP contribution >= 0.6 is 0 Å². The summed E-state index contributed by atoms with van der Waals surface area (Å²) in [4.78, 5) is 19.1. The number of benzene rings is 2. The molecule has 0 fully saturated rings. The van der Waals surface area contributed by atoms with E-state index >= 15 is 0 Å². The molecule has 2 heterocycles. The Bertz CT molecular complexity index is 941. The van der Waals surface area contributed by atoms with Gasteiger partial charge in [-0.15, -0.1) is 0 Å². The number of carbonyl (C=O) groups is 1. The summed E-state index contributed by atoms with van der Waals surface area (Å²) in [5.41, 5.74) is 12.0. The Morgan fingerprint density at radius 2 is 1.82 bits per heavy atom. The maximum Gasteiger partial charge on any atom is 0.244 e. The molecule has 0 spiro atoms. The number of hydrogen-bond donors (Lipinski definition) is 1. The largest absolute Gasteiger partial charge is 0.320 e. The van der Waals surface area contributed by atoms with Gasteiger partial charge in [-0.25, -0.2) is 0 Å². The van der Waals surface area contributed by atoms with Gasteiger partial charge in [-0.05, 0) is 54.2 Å². The van der Waals surface area contributed by atoms with Gasteiger partial charge in [0.05, 0.1) is 6.04 Å². The molecule has 0 saturated heterocycles. The van der Waals surface area contributed by atoms with Gasteiger partial charge in [0.15, 0.2) is 0 Å². The molecule has 1 unspecified atom stereocenters. The fourth-order valence-electron chi connectivity index (χ4n) is 3.93. The number of pyridine rings is 1. The van der Waals surface area contributed by atoms with E-state index in [0.29, 0.717) is 13.0 Å².